The van der Waals surface area contributed by atoms with E-state index < -0.39 is 23.6 Å². The van der Waals surface area contributed by atoms with Crippen molar-refractivity contribution in [3.8, 4) is 0 Å². The first-order valence-electron chi connectivity index (χ1n) is 9.18. The Hall–Kier alpha value is -2.83. The molecule has 0 aliphatic carbocycles. The van der Waals surface area contributed by atoms with E-state index in [0.717, 1.165) is 5.56 Å². The van der Waals surface area contributed by atoms with Crippen molar-refractivity contribution in [1.29, 1.82) is 0 Å². The maximum atomic E-state index is 13.4. The molecule has 28 heavy (non-hydrogen) atoms. The average Bonchev–Trinajstić information content (AvgIpc) is 2.68. The number of benzene rings is 2. The highest BCUT2D eigenvalue weighted by atomic mass is 19.1. The quantitative estimate of drug-likeness (QED) is 0.630. The predicted octanol–water partition coefficient (Wildman–Crippen LogP) is 5.31. The first kappa shape index (κ1) is 19.9. The van der Waals surface area contributed by atoms with E-state index in [2.05, 4.69) is 5.18 Å². The highest BCUT2D eigenvalue weighted by Crippen LogP contribution is 2.40. The van der Waals surface area contributed by atoms with Gasteiger partial charge in [-0.25, -0.2) is 13.6 Å². The molecular weight excluding hydrogens is 366 g/mol. The minimum Gasteiger partial charge on any atom is -0.438 e. The number of cyclic esters (lactones) is 1. The van der Waals surface area contributed by atoms with Gasteiger partial charge in [0, 0.05) is 19.4 Å². The fraction of sp³-hybridized carbons (Fsp3) is 0.381. The molecule has 0 spiro atoms. The number of nitrogens with zero attached hydrogens (tertiary/aromatic N) is 2. The molecule has 1 fully saturated rings. The summed E-state index contributed by atoms with van der Waals surface area (Å²) in [6, 6.07) is 10.8. The molecule has 3 rings (SSSR count). The van der Waals surface area contributed by atoms with Gasteiger partial charge >= 0.3 is 6.09 Å². The minimum absolute atomic E-state index is 0.215. The van der Waals surface area contributed by atoms with Crippen LogP contribution in [0.5, 0.6) is 0 Å². The Kier molecular flexibility index (Phi) is 5.72. The largest absolute Gasteiger partial charge is 0.438 e. The van der Waals surface area contributed by atoms with Crippen LogP contribution in [0, 0.1) is 16.5 Å². The van der Waals surface area contributed by atoms with E-state index in [1.54, 1.807) is 36.1 Å². The Labute approximate surface area is 162 Å². The van der Waals surface area contributed by atoms with Crippen molar-refractivity contribution in [2.75, 3.05) is 6.54 Å². The number of hydrogen-bond donors (Lipinski definition) is 0. The Morgan fingerprint density at radius 2 is 1.64 bits per heavy atom. The number of halogens is 2. The summed E-state index contributed by atoms with van der Waals surface area (Å²) in [4.78, 5) is 25.4. The molecule has 0 aromatic heterocycles. The molecular formula is C21H22F2N2O3. The molecule has 2 aromatic carbocycles. The number of rotatable bonds is 6. The molecule has 1 saturated heterocycles. The number of amides is 1. The lowest BCUT2D eigenvalue weighted by Crippen LogP contribution is -2.49. The predicted molar refractivity (Wildman–Crippen MR) is 101 cm³/mol. The molecule has 5 nitrogen and oxygen atoms in total. The molecule has 0 saturated carbocycles. The van der Waals surface area contributed by atoms with Crippen molar-refractivity contribution in [2.45, 2.75) is 44.4 Å². The summed E-state index contributed by atoms with van der Waals surface area (Å²) >= 11 is 0. The van der Waals surface area contributed by atoms with Gasteiger partial charge in [-0.15, -0.1) is 0 Å². The van der Waals surface area contributed by atoms with Gasteiger partial charge in [-0.05, 0) is 49.2 Å². The van der Waals surface area contributed by atoms with Crippen molar-refractivity contribution in [3.63, 3.8) is 0 Å². The van der Waals surface area contributed by atoms with Crippen LogP contribution in [0.2, 0.25) is 0 Å². The minimum atomic E-state index is -1.04. The van der Waals surface area contributed by atoms with Crippen LogP contribution in [0.4, 0.5) is 13.6 Å². The molecule has 0 N–H and O–H groups in total. The second kappa shape index (κ2) is 8.04. The summed E-state index contributed by atoms with van der Waals surface area (Å²) in [6.45, 7) is 3.87. The van der Waals surface area contributed by atoms with Gasteiger partial charge in [-0.1, -0.05) is 29.4 Å². The Morgan fingerprint density at radius 1 is 1.07 bits per heavy atom. The van der Waals surface area contributed by atoms with Crippen molar-refractivity contribution < 1.29 is 18.3 Å². The number of hydrogen-bond acceptors (Lipinski definition) is 4. The molecule has 3 atom stereocenters. The third-order valence-corrected chi connectivity index (χ3v) is 5.27. The lowest BCUT2D eigenvalue weighted by molar-refractivity contribution is -0.0678. The zero-order valence-corrected chi connectivity index (χ0v) is 15.8. The fourth-order valence-corrected chi connectivity index (χ4v) is 3.68. The molecule has 1 amide bonds. The first-order chi connectivity index (χ1) is 13.3. The lowest BCUT2D eigenvalue weighted by atomic mass is 9.83. The van der Waals surface area contributed by atoms with Gasteiger partial charge < -0.3 is 9.64 Å². The topological polar surface area (TPSA) is 59.0 Å². The summed E-state index contributed by atoms with van der Waals surface area (Å²) in [5.41, 5.74) is 0.374. The van der Waals surface area contributed by atoms with Gasteiger partial charge in [0.15, 0.2) is 0 Å². The van der Waals surface area contributed by atoms with Gasteiger partial charge in [0.05, 0.1) is 12.1 Å². The van der Waals surface area contributed by atoms with Crippen LogP contribution >= 0.6 is 0 Å². The van der Waals surface area contributed by atoms with Crippen LogP contribution in [-0.2, 0) is 10.3 Å². The summed E-state index contributed by atoms with van der Waals surface area (Å²) in [5.74, 6) is -0.739. The average molecular weight is 388 g/mol. The summed E-state index contributed by atoms with van der Waals surface area (Å²) in [6.07, 6.45) is 0.105. The number of carbonyl (C=O) groups excluding carboxylic acids is 1. The zero-order valence-electron chi connectivity index (χ0n) is 15.8. The SMILES string of the molecule is CC(C[C@]1(c2ccc(F)cc2)CCN([C@@H](C)c2ccc(F)cc2)C(=O)O1)N=O. The summed E-state index contributed by atoms with van der Waals surface area (Å²) < 4.78 is 32.4. The van der Waals surface area contributed by atoms with Crippen LogP contribution in [0.3, 0.4) is 0 Å². The van der Waals surface area contributed by atoms with Crippen molar-refractivity contribution in [3.05, 3.63) is 76.2 Å². The van der Waals surface area contributed by atoms with Gasteiger partial charge in [0.25, 0.3) is 0 Å². The Bertz CT molecular complexity index is 842. The molecule has 1 unspecified atom stereocenters. The van der Waals surface area contributed by atoms with E-state index in [-0.39, 0.29) is 18.3 Å². The molecule has 1 aliphatic rings. The van der Waals surface area contributed by atoms with E-state index in [9.17, 15) is 18.5 Å². The van der Waals surface area contributed by atoms with E-state index in [4.69, 9.17) is 4.74 Å². The molecule has 7 heteroatoms. The van der Waals surface area contributed by atoms with E-state index >= 15 is 0 Å². The van der Waals surface area contributed by atoms with E-state index in [0.29, 0.717) is 18.5 Å². The van der Waals surface area contributed by atoms with Crippen molar-refractivity contribution >= 4 is 6.09 Å². The molecule has 2 aromatic rings. The zero-order chi connectivity index (χ0) is 20.3. The van der Waals surface area contributed by atoms with E-state index in [1.165, 1.54) is 24.3 Å². The maximum Gasteiger partial charge on any atom is 0.411 e. The third-order valence-electron chi connectivity index (χ3n) is 5.27. The normalized spacial score (nSPS) is 21.7. The molecule has 0 bridgehead atoms. The molecule has 1 heterocycles. The van der Waals surface area contributed by atoms with E-state index in [1.807, 2.05) is 6.92 Å². The third kappa shape index (κ3) is 4.03. The molecule has 148 valence electrons. The summed E-state index contributed by atoms with van der Waals surface area (Å²) in [7, 11) is 0. The number of ether oxygens (including phenoxy) is 1. The van der Waals surface area contributed by atoms with Gasteiger partial charge in [-0.2, -0.15) is 4.91 Å². The van der Waals surface area contributed by atoms with Gasteiger partial charge in [0.2, 0.25) is 0 Å². The van der Waals surface area contributed by atoms with Crippen LogP contribution in [0.25, 0.3) is 0 Å². The fourth-order valence-electron chi connectivity index (χ4n) is 3.68. The highest BCUT2D eigenvalue weighted by molar-refractivity contribution is 5.70. The standard InChI is InChI=1S/C21H22F2N2O3/c1-14(24-27)13-21(17-5-9-19(23)10-6-17)11-12-25(20(26)28-21)15(2)16-3-7-18(22)8-4-16/h3-10,14-15H,11-13H2,1-2H3/t14?,15-,21-/m0/s1. The maximum absolute atomic E-state index is 13.4. The highest BCUT2D eigenvalue weighted by Gasteiger charge is 2.44. The second-order valence-electron chi connectivity index (χ2n) is 7.20. The number of nitroso groups, excluding NO2 is 1. The molecule has 1 aliphatic heterocycles. The van der Waals surface area contributed by atoms with Crippen molar-refractivity contribution in [1.82, 2.24) is 4.90 Å². The second-order valence-corrected chi connectivity index (χ2v) is 7.20. The van der Waals surface area contributed by atoms with Crippen molar-refractivity contribution in [2.24, 2.45) is 5.18 Å². The van der Waals surface area contributed by atoms with Crippen LogP contribution < -0.4 is 0 Å². The van der Waals surface area contributed by atoms with Crippen LogP contribution in [-0.4, -0.2) is 23.6 Å². The Morgan fingerprint density at radius 3 is 2.18 bits per heavy atom. The smallest absolute Gasteiger partial charge is 0.411 e. The lowest BCUT2D eigenvalue weighted by Gasteiger charge is -2.44. The van der Waals surface area contributed by atoms with Gasteiger partial charge in [0.1, 0.15) is 17.2 Å². The Balaban J connectivity index is 1.85. The van der Waals surface area contributed by atoms with Gasteiger partial charge in [-0.3, -0.25) is 0 Å². The molecule has 0 radical (unpaired) electrons. The van der Waals surface area contributed by atoms with Crippen LogP contribution in [0.15, 0.2) is 53.7 Å². The monoisotopic (exact) mass is 388 g/mol. The van der Waals surface area contributed by atoms with Crippen LogP contribution in [0.1, 0.15) is 43.9 Å². The summed E-state index contributed by atoms with van der Waals surface area (Å²) in [5, 5.41) is 3.04. The first-order valence-corrected chi connectivity index (χ1v) is 9.18. The number of carbonyl (C=O) groups is 1.